The molecule has 6 nitrogen and oxygen atoms in total. The van der Waals surface area contributed by atoms with Gasteiger partial charge in [-0.2, -0.15) is 0 Å². The predicted octanol–water partition coefficient (Wildman–Crippen LogP) is 2.74. The van der Waals surface area contributed by atoms with Gasteiger partial charge in [-0.25, -0.2) is 4.79 Å². The Kier molecular flexibility index (Phi) is 4.63. The summed E-state index contributed by atoms with van der Waals surface area (Å²) in [5, 5.41) is 5.59. The van der Waals surface area contributed by atoms with E-state index in [2.05, 4.69) is 20.6 Å². The van der Waals surface area contributed by atoms with Crippen LogP contribution < -0.4 is 10.6 Å². The van der Waals surface area contributed by atoms with Crippen molar-refractivity contribution < 1.29 is 9.21 Å². The van der Waals surface area contributed by atoms with E-state index >= 15 is 0 Å². The first-order chi connectivity index (χ1) is 11.3. The van der Waals surface area contributed by atoms with Crippen molar-refractivity contribution in [3.05, 3.63) is 72.6 Å². The molecule has 3 aromatic heterocycles. The molecule has 0 aliphatic rings. The number of furan rings is 1. The van der Waals surface area contributed by atoms with E-state index < -0.39 is 0 Å². The lowest BCUT2D eigenvalue weighted by atomic mass is 10.2. The fourth-order valence-electron chi connectivity index (χ4n) is 2.04. The van der Waals surface area contributed by atoms with Crippen molar-refractivity contribution in [1.29, 1.82) is 0 Å². The van der Waals surface area contributed by atoms with Gasteiger partial charge in [-0.05, 0) is 35.4 Å². The number of carbonyl (C=O) groups is 1. The summed E-state index contributed by atoms with van der Waals surface area (Å²) in [7, 11) is 0. The second-order valence-electron chi connectivity index (χ2n) is 4.96. The van der Waals surface area contributed by atoms with Gasteiger partial charge in [0.2, 0.25) is 0 Å². The second-order valence-corrected chi connectivity index (χ2v) is 4.96. The molecule has 0 spiro atoms. The number of rotatable bonds is 5. The van der Waals surface area contributed by atoms with Gasteiger partial charge in [-0.3, -0.25) is 9.97 Å². The van der Waals surface area contributed by atoms with Crippen LogP contribution in [0.5, 0.6) is 0 Å². The van der Waals surface area contributed by atoms with Gasteiger partial charge in [0.05, 0.1) is 18.2 Å². The Hall–Kier alpha value is -3.15. The van der Waals surface area contributed by atoms with E-state index in [1.807, 2.05) is 30.3 Å². The maximum absolute atomic E-state index is 11.8. The number of hydrogen-bond donors (Lipinski definition) is 2. The van der Waals surface area contributed by atoms with Crippen LogP contribution in [0.15, 0.2) is 65.9 Å². The minimum atomic E-state index is -0.222. The lowest BCUT2D eigenvalue weighted by Crippen LogP contribution is -2.34. The highest BCUT2D eigenvalue weighted by atomic mass is 16.3. The minimum Gasteiger partial charge on any atom is -0.472 e. The van der Waals surface area contributed by atoms with E-state index in [9.17, 15) is 4.79 Å². The third kappa shape index (κ3) is 4.16. The summed E-state index contributed by atoms with van der Waals surface area (Å²) in [4.78, 5) is 20.1. The van der Waals surface area contributed by atoms with Gasteiger partial charge >= 0.3 is 6.03 Å². The zero-order valence-electron chi connectivity index (χ0n) is 12.4. The highest BCUT2D eigenvalue weighted by Crippen LogP contribution is 2.16. The predicted molar refractivity (Wildman–Crippen MR) is 85.3 cm³/mol. The molecule has 23 heavy (non-hydrogen) atoms. The van der Waals surface area contributed by atoms with Crippen LogP contribution in [0.2, 0.25) is 0 Å². The zero-order valence-corrected chi connectivity index (χ0v) is 12.4. The molecule has 0 aliphatic heterocycles. The molecule has 3 aromatic rings. The van der Waals surface area contributed by atoms with Crippen molar-refractivity contribution in [3.63, 3.8) is 0 Å². The summed E-state index contributed by atoms with van der Waals surface area (Å²) < 4.78 is 5.03. The molecule has 0 unspecified atom stereocenters. The topological polar surface area (TPSA) is 80.0 Å². The average Bonchev–Trinajstić information content (AvgIpc) is 3.14. The first-order valence-electron chi connectivity index (χ1n) is 7.19. The molecule has 3 rings (SSSR count). The largest absolute Gasteiger partial charge is 0.472 e. The first kappa shape index (κ1) is 14.8. The fraction of sp³-hybridized carbons (Fsp3) is 0.118. The number of aromatic nitrogens is 2. The van der Waals surface area contributed by atoms with E-state index in [0.29, 0.717) is 13.1 Å². The van der Waals surface area contributed by atoms with Gasteiger partial charge < -0.3 is 15.1 Å². The van der Waals surface area contributed by atoms with Crippen molar-refractivity contribution in [3.8, 4) is 11.3 Å². The third-order valence-corrected chi connectivity index (χ3v) is 3.30. The number of hydrogen-bond acceptors (Lipinski definition) is 4. The minimum absolute atomic E-state index is 0.222. The van der Waals surface area contributed by atoms with E-state index in [0.717, 1.165) is 22.4 Å². The molecular weight excluding hydrogens is 292 g/mol. The molecule has 0 saturated carbocycles. The quantitative estimate of drug-likeness (QED) is 0.759. The average molecular weight is 308 g/mol. The van der Waals surface area contributed by atoms with Gasteiger partial charge in [0, 0.05) is 37.2 Å². The number of amides is 2. The molecule has 6 heteroatoms. The maximum Gasteiger partial charge on any atom is 0.315 e. The Morgan fingerprint density at radius 1 is 1.00 bits per heavy atom. The molecule has 0 aromatic carbocycles. The van der Waals surface area contributed by atoms with E-state index in [-0.39, 0.29) is 6.03 Å². The molecule has 0 atom stereocenters. The van der Waals surface area contributed by atoms with Crippen molar-refractivity contribution >= 4 is 6.03 Å². The summed E-state index contributed by atoms with van der Waals surface area (Å²) in [5.41, 5.74) is 3.70. The Balaban J connectivity index is 1.47. The highest BCUT2D eigenvalue weighted by Gasteiger charge is 2.03. The Morgan fingerprint density at radius 3 is 2.43 bits per heavy atom. The van der Waals surface area contributed by atoms with Crippen LogP contribution in [0.1, 0.15) is 11.1 Å². The summed E-state index contributed by atoms with van der Waals surface area (Å²) in [6, 6.07) is 9.18. The Labute approximate surface area is 133 Å². The molecule has 2 amide bonds. The summed E-state index contributed by atoms with van der Waals surface area (Å²) in [6.45, 7) is 0.882. The van der Waals surface area contributed by atoms with Crippen molar-refractivity contribution in [2.45, 2.75) is 13.1 Å². The summed E-state index contributed by atoms with van der Waals surface area (Å²) >= 11 is 0. The Bertz CT molecular complexity index is 740. The number of urea groups is 1. The smallest absolute Gasteiger partial charge is 0.315 e. The van der Waals surface area contributed by atoms with Gasteiger partial charge in [-0.15, -0.1) is 0 Å². The molecule has 0 radical (unpaired) electrons. The van der Waals surface area contributed by atoms with Crippen LogP contribution in [-0.2, 0) is 13.1 Å². The molecule has 0 aliphatic carbocycles. The van der Waals surface area contributed by atoms with Crippen LogP contribution in [0.4, 0.5) is 4.79 Å². The first-order valence-corrected chi connectivity index (χ1v) is 7.19. The van der Waals surface area contributed by atoms with Gasteiger partial charge in [-0.1, -0.05) is 6.07 Å². The standard InChI is InChI=1S/C17H16N4O2/c22-17(20-9-13-3-6-18-7-4-13)21-11-14-1-2-16(19-10-14)15-5-8-23-12-15/h1-8,10,12H,9,11H2,(H2,20,21,22). The van der Waals surface area contributed by atoms with Crippen LogP contribution in [0, 0.1) is 0 Å². The van der Waals surface area contributed by atoms with Gasteiger partial charge in [0.1, 0.15) is 0 Å². The number of carbonyl (C=O) groups excluding carboxylic acids is 1. The lowest BCUT2D eigenvalue weighted by molar-refractivity contribution is 0.240. The van der Waals surface area contributed by atoms with Crippen molar-refractivity contribution in [1.82, 2.24) is 20.6 Å². The summed E-state index contributed by atoms with van der Waals surface area (Å²) in [5.74, 6) is 0. The number of pyridine rings is 2. The molecule has 0 bridgehead atoms. The number of nitrogens with zero attached hydrogens (tertiary/aromatic N) is 2. The molecule has 0 saturated heterocycles. The van der Waals surface area contributed by atoms with E-state index in [1.165, 1.54) is 0 Å². The van der Waals surface area contributed by atoms with Crippen molar-refractivity contribution in [2.24, 2.45) is 0 Å². The third-order valence-electron chi connectivity index (χ3n) is 3.30. The number of nitrogens with one attached hydrogen (secondary N) is 2. The zero-order chi connectivity index (χ0) is 15.9. The SMILES string of the molecule is O=C(NCc1ccncc1)NCc1ccc(-c2ccoc2)nc1. The van der Waals surface area contributed by atoms with Gasteiger partial charge in [0.15, 0.2) is 0 Å². The summed E-state index contributed by atoms with van der Waals surface area (Å²) in [6.07, 6.45) is 8.39. The van der Waals surface area contributed by atoms with Gasteiger partial charge in [0.25, 0.3) is 0 Å². The normalized spacial score (nSPS) is 10.3. The molecule has 3 heterocycles. The second kappa shape index (κ2) is 7.22. The fourth-order valence-corrected chi connectivity index (χ4v) is 2.04. The monoisotopic (exact) mass is 308 g/mol. The molecular formula is C17H16N4O2. The van der Waals surface area contributed by atoms with E-state index in [1.54, 1.807) is 31.1 Å². The van der Waals surface area contributed by atoms with Crippen LogP contribution >= 0.6 is 0 Å². The molecule has 2 N–H and O–H groups in total. The molecule has 0 fully saturated rings. The van der Waals surface area contributed by atoms with Crippen LogP contribution in [0.25, 0.3) is 11.3 Å². The van der Waals surface area contributed by atoms with Crippen LogP contribution in [-0.4, -0.2) is 16.0 Å². The van der Waals surface area contributed by atoms with E-state index in [4.69, 9.17) is 4.42 Å². The van der Waals surface area contributed by atoms with Crippen LogP contribution in [0.3, 0.4) is 0 Å². The maximum atomic E-state index is 11.8. The van der Waals surface area contributed by atoms with Crippen molar-refractivity contribution in [2.75, 3.05) is 0 Å². The molecule has 116 valence electrons. The highest BCUT2D eigenvalue weighted by molar-refractivity contribution is 5.73. The lowest BCUT2D eigenvalue weighted by Gasteiger charge is -2.08. The Morgan fingerprint density at radius 2 is 1.78 bits per heavy atom.